The quantitative estimate of drug-likeness (QED) is 0.830. The molecule has 4 amide bonds. The van der Waals surface area contributed by atoms with Gasteiger partial charge in [-0.3, -0.25) is 14.9 Å². The predicted molar refractivity (Wildman–Crippen MR) is 89.6 cm³/mol. The molecule has 2 fully saturated rings. The molecule has 0 atom stereocenters. The Morgan fingerprint density at radius 3 is 2.67 bits per heavy atom. The summed E-state index contributed by atoms with van der Waals surface area (Å²) in [6, 6.07) is -0.317. The predicted octanol–water partition coefficient (Wildman–Crippen LogP) is 1.32. The maximum atomic E-state index is 12.4. The number of nitrogens with one attached hydrogen (secondary N) is 1. The molecule has 0 radical (unpaired) electrons. The molecule has 0 aliphatic carbocycles. The van der Waals surface area contributed by atoms with Gasteiger partial charge in [-0.25, -0.2) is 9.78 Å². The lowest BCUT2D eigenvalue weighted by molar-refractivity contribution is -0.137. The molecule has 0 bridgehead atoms. The Hall–Kier alpha value is -1.96. The Labute approximate surface area is 145 Å². The van der Waals surface area contributed by atoms with Gasteiger partial charge in [-0.15, -0.1) is 11.3 Å². The highest BCUT2D eigenvalue weighted by atomic mass is 32.1. The van der Waals surface area contributed by atoms with Gasteiger partial charge in [0.1, 0.15) is 5.54 Å². The highest BCUT2D eigenvalue weighted by Crippen LogP contribution is 2.33. The zero-order valence-electron chi connectivity index (χ0n) is 14.0. The van der Waals surface area contributed by atoms with Crippen molar-refractivity contribution in [2.24, 2.45) is 0 Å². The fourth-order valence-electron chi connectivity index (χ4n) is 3.61. The normalized spacial score (nSPS) is 19.9. The zero-order chi connectivity index (χ0) is 17.3. The van der Waals surface area contributed by atoms with E-state index in [-0.39, 0.29) is 17.8 Å². The molecule has 0 unspecified atom stereocenters. The summed E-state index contributed by atoms with van der Waals surface area (Å²) in [5, 5.41) is 2.41. The van der Waals surface area contributed by atoms with Crippen molar-refractivity contribution in [3.05, 3.63) is 16.1 Å². The van der Waals surface area contributed by atoms with E-state index in [4.69, 9.17) is 0 Å². The van der Waals surface area contributed by atoms with E-state index in [1.54, 1.807) is 21.7 Å². The van der Waals surface area contributed by atoms with E-state index in [2.05, 4.69) is 10.3 Å². The number of aryl methyl sites for hydroxylation is 2. The lowest BCUT2D eigenvalue weighted by atomic mass is 9.86. The van der Waals surface area contributed by atoms with E-state index in [1.165, 1.54) is 0 Å². The first-order valence-electron chi connectivity index (χ1n) is 8.27. The molecule has 0 aromatic carbocycles. The van der Waals surface area contributed by atoms with Crippen LogP contribution < -0.4 is 5.32 Å². The van der Waals surface area contributed by atoms with Crippen molar-refractivity contribution in [1.82, 2.24) is 20.1 Å². The van der Waals surface area contributed by atoms with Crippen LogP contribution in [-0.4, -0.2) is 57.8 Å². The van der Waals surface area contributed by atoms with E-state index in [0.717, 1.165) is 10.6 Å². The molecule has 1 spiro atoms. The van der Waals surface area contributed by atoms with Crippen LogP contribution >= 0.6 is 11.3 Å². The summed E-state index contributed by atoms with van der Waals surface area (Å²) < 4.78 is 0. The summed E-state index contributed by atoms with van der Waals surface area (Å²) in [5.74, 6) is -0.118. The minimum absolute atomic E-state index is 0.102. The van der Waals surface area contributed by atoms with Gasteiger partial charge in [-0.2, -0.15) is 0 Å². The van der Waals surface area contributed by atoms with Crippen molar-refractivity contribution >= 4 is 29.2 Å². The van der Waals surface area contributed by atoms with E-state index < -0.39 is 5.54 Å². The Bertz CT molecular complexity index is 664. The molecule has 1 N–H and O–H groups in total. The number of aromatic nitrogens is 1. The number of imide groups is 1. The molecule has 2 aliphatic rings. The molecule has 130 valence electrons. The van der Waals surface area contributed by atoms with Crippen LogP contribution in [0.5, 0.6) is 0 Å². The summed E-state index contributed by atoms with van der Waals surface area (Å²) in [7, 11) is 0. The van der Waals surface area contributed by atoms with Gasteiger partial charge in [0.2, 0.25) is 5.91 Å². The van der Waals surface area contributed by atoms with Crippen molar-refractivity contribution < 1.29 is 14.4 Å². The fraction of sp³-hybridized carbons (Fsp3) is 0.625. The van der Waals surface area contributed by atoms with Gasteiger partial charge >= 0.3 is 6.03 Å². The molecule has 3 rings (SSSR count). The molecule has 1 aromatic heterocycles. The van der Waals surface area contributed by atoms with Crippen molar-refractivity contribution in [3.8, 4) is 0 Å². The van der Waals surface area contributed by atoms with Gasteiger partial charge in [0.05, 0.1) is 11.2 Å². The second-order valence-electron chi connectivity index (χ2n) is 6.28. The Balaban J connectivity index is 1.58. The zero-order valence-corrected chi connectivity index (χ0v) is 14.8. The lowest BCUT2D eigenvalue weighted by Crippen LogP contribution is -2.57. The number of carbonyl (C=O) groups is 3. The Morgan fingerprint density at radius 1 is 1.38 bits per heavy atom. The second-order valence-corrected chi connectivity index (χ2v) is 7.22. The second kappa shape index (κ2) is 6.51. The molecular formula is C16H22N4O3S. The van der Waals surface area contributed by atoms with Crippen LogP contribution in [0.25, 0.3) is 0 Å². The van der Waals surface area contributed by atoms with Crippen LogP contribution in [0.3, 0.4) is 0 Å². The van der Waals surface area contributed by atoms with E-state index in [0.29, 0.717) is 45.3 Å². The van der Waals surface area contributed by atoms with Gasteiger partial charge in [0, 0.05) is 30.9 Å². The average molecular weight is 350 g/mol. The van der Waals surface area contributed by atoms with E-state index in [1.807, 2.05) is 18.7 Å². The molecule has 2 saturated heterocycles. The van der Waals surface area contributed by atoms with Crippen molar-refractivity contribution in [2.75, 3.05) is 19.6 Å². The van der Waals surface area contributed by atoms with Gasteiger partial charge in [0.25, 0.3) is 5.91 Å². The van der Waals surface area contributed by atoms with Crippen molar-refractivity contribution in [1.29, 1.82) is 0 Å². The van der Waals surface area contributed by atoms with Crippen LogP contribution in [0.15, 0.2) is 5.51 Å². The number of likely N-dealkylation sites (tertiary alicyclic amines) is 1. The van der Waals surface area contributed by atoms with Gasteiger partial charge in [0.15, 0.2) is 0 Å². The molecular weight excluding hydrogens is 328 g/mol. The van der Waals surface area contributed by atoms with Gasteiger partial charge in [-0.1, -0.05) is 0 Å². The summed E-state index contributed by atoms with van der Waals surface area (Å²) in [5.41, 5.74) is 2.02. The molecule has 7 nitrogen and oxygen atoms in total. The molecule has 1 aromatic rings. The maximum absolute atomic E-state index is 12.4. The van der Waals surface area contributed by atoms with Crippen molar-refractivity contribution in [2.45, 2.75) is 45.1 Å². The van der Waals surface area contributed by atoms with Gasteiger partial charge < -0.3 is 9.80 Å². The summed E-state index contributed by atoms with van der Waals surface area (Å²) in [6.45, 7) is 5.34. The lowest BCUT2D eigenvalue weighted by Gasteiger charge is -2.41. The summed E-state index contributed by atoms with van der Waals surface area (Å²) in [4.78, 5) is 45.3. The summed E-state index contributed by atoms with van der Waals surface area (Å²) in [6.07, 6.45) is 2.17. The highest BCUT2D eigenvalue weighted by molar-refractivity contribution is 7.09. The molecule has 0 saturated carbocycles. The number of likely N-dealkylation sites (N-methyl/N-ethyl adjacent to an activating group) is 1. The fourth-order valence-corrected chi connectivity index (χ4v) is 4.39. The number of hydrogen-bond acceptors (Lipinski definition) is 5. The number of urea groups is 1. The summed E-state index contributed by atoms with van der Waals surface area (Å²) >= 11 is 1.58. The first kappa shape index (κ1) is 16.9. The molecule has 3 heterocycles. The molecule has 2 aliphatic heterocycles. The number of rotatable bonds is 4. The third-order valence-electron chi connectivity index (χ3n) is 5.08. The highest BCUT2D eigenvalue weighted by Gasteiger charge is 2.53. The first-order chi connectivity index (χ1) is 11.5. The van der Waals surface area contributed by atoms with Crippen LogP contribution in [0.4, 0.5) is 4.79 Å². The number of nitrogens with zero attached hydrogens (tertiary/aromatic N) is 3. The number of thiazole rings is 1. The Kier molecular flexibility index (Phi) is 4.58. The smallest absolute Gasteiger partial charge is 0.325 e. The topological polar surface area (TPSA) is 82.6 Å². The van der Waals surface area contributed by atoms with Crippen LogP contribution in [-0.2, 0) is 16.0 Å². The van der Waals surface area contributed by atoms with Crippen molar-refractivity contribution in [3.63, 3.8) is 0 Å². The number of amides is 4. The number of carbonyl (C=O) groups excluding carboxylic acids is 3. The van der Waals surface area contributed by atoms with Crippen LogP contribution in [0.2, 0.25) is 0 Å². The molecule has 24 heavy (non-hydrogen) atoms. The first-order valence-corrected chi connectivity index (χ1v) is 9.15. The SMILES string of the molecule is CCN1C(=O)NC(=O)C12CCN(C(=O)CCc1scnc1C)CC2. The number of hydrogen-bond donors (Lipinski definition) is 1. The molecule has 8 heteroatoms. The van der Waals surface area contributed by atoms with E-state index >= 15 is 0 Å². The van der Waals surface area contributed by atoms with Gasteiger partial charge in [-0.05, 0) is 33.1 Å². The third-order valence-corrected chi connectivity index (χ3v) is 6.07. The Morgan fingerprint density at radius 2 is 2.08 bits per heavy atom. The monoisotopic (exact) mass is 350 g/mol. The average Bonchev–Trinajstić information content (AvgIpc) is 3.07. The third kappa shape index (κ3) is 2.79. The van der Waals surface area contributed by atoms with Crippen LogP contribution in [0, 0.1) is 6.92 Å². The minimum Gasteiger partial charge on any atom is -0.342 e. The maximum Gasteiger partial charge on any atom is 0.325 e. The standard InChI is InChI=1S/C16H22N4O3S/c1-3-20-15(23)18-14(22)16(20)6-8-19(9-7-16)13(21)5-4-12-11(2)17-10-24-12/h10H,3-9H2,1-2H3,(H,18,22,23). The minimum atomic E-state index is -0.767. The van der Waals surface area contributed by atoms with E-state index in [9.17, 15) is 14.4 Å². The van der Waals surface area contributed by atoms with Crippen LogP contribution in [0.1, 0.15) is 36.8 Å². The largest absolute Gasteiger partial charge is 0.342 e. The number of piperidine rings is 1.